The molecule has 2 rings (SSSR count). The summed E-state index contributed by atoms with van der Waals surface area (Å²) >= 11 is 3.07. The van der Waals surface area contributed by atoms with Crippen LogP contribution in [0, 0.1) is 23.5 Å². The Balaban J connectivity index is 2.28. The molecule has 0 bridgehead atoms. The summed E-state index contributed by atoms with van der Waals surface area (Å²) in [7, 11) is 0. The number of aliphatic hydroxyl groups is 1. The molecule has 0 spiro atoms. The van der Waals surface area contributed by atoms with Crippen LogP contribution in [0.1, 0.15) is 50.7 Å². The Morgan fingerprint density at radius 2 is 2.00 bits per heavy atom. The van der Waals surface area contributed by atoms with Crippen molar-refractivity contribution in [2.75, 3.05) is 0 Å². The zero-order valence-electron chi connectivity index (χ0n) is 11.0. The maximum absolute atomic E-state index is 13.6. The number of benzene rings is 1. The normalized spacial score (nSPS) is 25.3. The summed E-state index contributed by atoms with van der Waals surface area (Å²) in [4.78, 5) is 0. The van der Waals surface area contributed by atoms with Gasteiger partial charge >= 0.3 is 0 Å². The summed E-state index contributed by atoms with van der Waals surface area (Å²) in [6.07, 6.45) is 4.64. The Labute approximate surface area is 121 Å². The Morgan fingerprint density at radius 3 is 2.68 bits per heavy atom. The van der Waals surface area contributed by atoms with Crippen LogP contribution in [0.4, 0.5) is 8.78 Å². The quantitative estimate of drug-likeness (QED) is 0.774. The van der Waals surface area contributed by atoms with Gasteiger partial charge in [-0.2, -0.15) is 0 Å². The monoisotopic (exact) mass is 332 g/mol. The molecule has 0 aromatic heterocycles. The first kappa shape index (κ1) is 14.9. The number of halogens is 3. The molecular weight excluding hydrogens is 314 g/mol. The van der Waals surface area contributed by atoms with Gasteiger partial charge in [0, 0.05) is 0 Å². The predicted octanol–water partition coefficient (Wildman–Crippen LogP) is 4.98. The highest BCUT2D eigenvalue weighted by molar-refractivity contribution is 9.10. The third-order valence-corrected chi connectivity index (χ3v) is 5.09. The Morgan fingerprint density at radius 1 is 1.32 bits per heavy atom. The minimum absolute atomic E-state index is 0.0560. The second-order valence-electron chi connectivity index (χ2n) is 5.33. The fourth-order valence-corrected chi connectivity index (χ4v) is 3.71. The van der Waals surface area contributed by atoms with Crippen LogP contribution in [-0.4, -0.2) is 5.11 Å². The fourth-order valence-electron chi connectivity index (χ4n) is 3.16. The van der Waals surface area contributed by atoms with Crippen LogP contribution >= 0.6 is 15.9 Å². The van der Waals surface area contributed by atoms with E-state index in [9.17, 15) is 13.9 Å². The molecule has 106 valence electrons. The van der Waals surface area contributed by atoms with Crippen LogP contribution in [0.15, 0.2) is 16.6 Å². The highest BCUT2D eigenvalue weighted by Crippen LogP contribution is 2.42. The van der Waals surface area contributed by atoms with Gasteiger partial charge in [-0.25, -0.2) is 8.78 Å². The standard InChI is InChI=1S/C15H19BrF2O/c1-2-9-5-3-4-6-10(9)15(19)11-7-8-12(17)14(18)13(11)16/h7-10,15,19H,2-6H2,1H3. The first-order chi connectivity index (χ1) is 9.06. The van der Waals surface area contributed by atoms with Gasteiger partial charge in [0.1, 0.15) is 0 Å². The lowest BCUT2D eigenvalue weighted by Gasteiger charge is -2.34. The molecule has 1 aliphatic carbocycles. The van der Waals surface area contributed by atoms with Crippen molar-refractivity contribution in [1.29, 1.82) is 0 Å². The van der Waals surface area contributed by atoms with Gasteiger partial charge in [0.05, 0.1) is 10.6 Å². The molecule has 3 unspecified atom stereocenters. The van der Waals surface area contributed by atoms with Gasteiger partial charge < -0.3 is 5.11 Å². The van der Waals surface area contributed by atoms with Crippen LogP contribution in [-0.2, 0) is 0 Å². The first-order valence-corrected chi connectivity index (χ1v) is 7.67. The summed E-state index contributed by atoms with van der Waals surface area (Å²) in [6.45, 7) is 2.12. The van der Waals surface area contributed by atoms with Crippen molar-refractivity contribution in [1.82, 2.24) is 0 Å². The number of aliphatic hydroxyl groups excluding tert-OH is 1. The molecule has 1 fully saturated rings. The molecule has 0 radical (unpaired) electrons. The van der Waals surface area contributed by atoms with E-state index in [1.165, 1.54) is 12.5 Å². The van der Waals surface area contributed by atoms with E-state index < -0.39 is 17.7 Å². The highest BCUT2D eigenvalue weighted by atomic mass is 79.9. The summed E-state index contributed by atoms with van der Waals surface area (Å²) < 4.78 is 26.7. The van der Waals surface area contributed by atoms with Gasteiger partial charge in [-0.15, -0.1) is 0 Å². The maximum Gasteiger partial charge on any atom is 0.173 e. The second-order valence-corrected chi connectivity index (χ2v) is 6.12. The average Bonchev–Trinajstić information content (AvgIpc) is 2.44. The van der Waals surface area contributed by atoms with Crippen LogP contribution in [0.5, 0.6) is 0 Å². The van der Waals surface area contributed by atoms with Gasteiger partial charge in [-0.05, 0) is 45.8 Å². The van der Waals surface area contributed by atoms with E-state index in [1.54, 1.807) is 0 Å². The van der Waals surface area contributed by atoms with Gasteiger partial charge in [-0.3, -0.25) is 0 Å². The highest BCUT2D eigenvalue weighted by Gasteiger charge is 2.32. The topological polar surface area (TPSA) is 20.2 Å². The van der Waals surface area contributed by atoms with Gasteiger partial charge in [0.15, 0.2) is 11.6 Å². The van der Waals surface area contributed by atoms with E-state index in [4.69, 9.17) is 0 Å². The van der Waals surface area contributed by atoms with Crippen molar-refractivity contribution in [3.05, 3.63) is 33.8 Å². The van der Waals surface area contributed by atoms with Crippen molar-refractivity contribution in [2.45, 2.75) is 45.1 Å². The molecule has 0 heterocycles. The first-order valence-electron chi connectivity index (χ1n) is 6.87. The molecule has 1 saturated carbocycles. The third kappa shape index (κ3) is 3.00. The summed E-state index contributed by atoms with van der Waals surface area (Å²) in [5.41, 5.74) is 0.462. The molecule has 0 amide bonds. The molecule has 0 saturated heterocycles. The number of rotatable bonds is 3. The van der Waals surface area contributed by atoms with Crippen LogP contribution < -0.4 is 0 Å². The minimum atomic E-state index is -0.916. The Hall–Kier alpha value is -0.480. The molecule has 1 aliphatic rings. The van der Waals surface area contributed by atoms with Crippen molar-refractivity contribution < 1.29 is 13.9 Å². The minimum Gasteiger partial charge on any atom is -0.388 e. The summed E-state index contributed by atoms with van der Waals surface area (Å²) in [5.74, 6) is -1.21. The lowest BCUT2D eigenvalue weighted by molar-refractivity contribution is 0.0444. The predicted molar refractivity (Wildman–Crippen MR) is 74.8 cm³/mol. The van der Waals surface area contributed by atoms with E-state index in [0.29, 0.717) is 11.5 Å². The Bertz CT molecular complexity index is 450. The van der Waals surface area contributed by atoms with Gasteiger partial charge in [-0.1, -0.05) is 38.7 Å². The van der Waals surface area contributed by atoms with Crippen molar-refractivity contribution >= 4 is 15.9 Å². The number of hydrogen-bond donors (Lipinski definition) is 1. The van der Waals surface area contributed by atoms with E-state index in [-0.39, 0.29) is 10.4 Å². The van der Waals surface area contributed by atoms with E-state index in [1.807, 2.05) is 0 Å². The molecule has 1 N–H and O–H groups in total. The molecule has 0 aliphatic heterocycles. The third-order valence-electron chi connectivity index (χ3n) is 4.28. The summed E-state index contributed by atoms with van der Waals surface area (Å²) in [5, 5.41) is 10.5. The molecule has 3 atom stereocenters. The average molecular weight is 333 g/mol. The SMILES string of the molecule is CCC1CCCCC1C(O)c1ccc(F)c(F)c1Br. The maximum atomic E-state index is 13.6. The number of hydrogen-bond acceptors (Lipinski definition) is 1. The van der Waals surface area contributed by atoms with Crippen LogP contribution in [0.2, 0.25) is 0 Å². The molecule has 1 aromatic rings. The van der Waals surface area contributed by atoms with E-state index >= 15 is 0 Å². The van der Waals surface area contributed by atoms with Crippen molar-refractivity contribution in [3.63, 3.8) is 0 Å². The second kappa shape index (κ2) is 6.31. The van der Waals surface area contributed by atoms with Crippen molar-refractivity contribution in [3.8, 4) is 0 Å². The lowest BCUT2D eigenvalue weighted by atomic mass is 9.73. The van der Waals surface area contributed by atoms with Crippen molar-refractivity contribution in [2.24, 2.45) is 11.8 Å². The molecular formula is C15H19BrF2O. The zero-order chi connectivity index (χ0) is 14.0. The largest absolute Gasteiger partial charge is 0.388 e. The fraction of sp³-hybridized carbons (Fsp3) is 0.600. The van der Waals surface area contributed by atoms with Crippen LogP contribution in [0.3, 0.4) is 0 Å². The molecule has 1 nitrogen and oxygen atoms in total. The smallest absolute Gasteiger partial charge is 0.173 e. The van der Waals surface area contributed by atoms with Gasteiger partial charge in [0.2, 0.25) is 0 Å². The molecule has 1 aromatic carbocycles. The van der Waals surface area contributed by atoms with Gasteiger partial charge in [0.25, 0.3) is 0 Å². The van der Waals surface area contributed by atoms with E-state index in [0.717, 1.165) is 31.7 Å². The Kier molecular flexibility index (Phi) is 4.96. The zero-order valence-corrected chi connectivity index (χ0v) is 12.6. The lowest BCUT2D eigenvalue weighted by Crippen LogP contribution is -2.25. The summed E-state index contributed by atoms with van der Waals surface area (Å²) in [6, 6.07) is 2.57. The molecule has 19 heavy (non-hydrogen) atoms. The molecule has 4 heteroatoms. The van der Waals surface area contributed by atoms with Crippen LogP contribution in [0.25, 0.3) is 0 Å². The van der Waals surface area contributed by atoms with E-state index in [2.05, 4.69) is 22.9 Å².